The summed E-state index contributed by atoms with van der Waals surface area (Å²) in [6.07, 6.45) is 5.25. The molecule has 18 heteroatoms. The maximum atomic E-state index is 6.73. The van der Waals surface area contributed by atoms with Crippen LogP contribution in [0.2, 0.25) is 0 Å². The van der Waals surface area contributed by atoms with Crippen molar-refractivity contribution in [2.45, 2.75) is 50.2 Å². The average molecular weight is 941 g/mol. The SMILES string of the molecule is Cc1nn(-c2ccccc2)c2c1/C=N/n1c(COc3ccccc3)nnc1SCCCCSc1nnc(COc3ccccc3)n1/N=C/c1c(C)nn(-c3ccccc3)c1Oc1ccc(cc1)O2. The number of thioether (sulfide) groups is 2. The Kier molecular flexibility index (Phi) is 13.4. The molecule has 4 aromatic heterocycles. The second-order valence-corrected chi connectivity index (χ2v) is 17.4. The minimum absolute atomic E-state index is 0.153. The molecule has 340 valence electrons. The first-order valence-corrected chi connectivity index (χ1v) is 23.9. The van der Waals surface area contributed by atoms with Gasteiger partial charge in [0.25, 0.3) is 0 Å². The molecule has 5 aromatic carbocycles. The summed E-state index contributed by atoms with van der Waals surface area (Å²) in [7, 11) is 0. The highest BCUT2D eigenvalue weighted by molar-refractivity contribution is 7.99. The van der Waals surface area contributed by atoms with E-state index in [0.29, 0.717) is 79.2 Å². The molecule has 2 aliphatic rings. The Hall–Kier alpha value is -7.96. The number of aryl methyl sites for hydroxylation is 2. The number of para-hydroxylation sites is 4. The summed E-state index contributed by atoms with van der Waals surface area (Å²) < 4.78 is 32.7. The fourth-order valence-corrected chi connectivity index (χ4v) is 8.90. The lowest BCUT2D eigenvalue weighted by molar-refractivity contribution is 0.290. The molecule has 0 saturated carbocycles. The monoisotopic (exact) mass is 940 g/mol. The van der Waals surface area contributed by atoms with Crippen molar-refractivity contribution in [3.63, 3.8) is 0 Å². The lowest BCUT2D eigenvalue weighted by Crippen LogP contribution is -2.06. The number of rotatable bonds is 8. The number of fused-ring (bicyclic) bond motifs is 7. The van der Waals surface area contributed by atoms with Crippen molar-refractivity contribution in [3.05, 3.63) is 180 Å². The van der Waals surface area contributed by atoms with Crippen LogP contribution in [0.4, 0.5) is 0 Å². The highest BCUT2D eigenvalue weighted by Gasteiger charge is 2.22. The van der Waals surface area contributed by atoms with Crippen molar-refractivity contribution in [2.75, 3.05) is 11.5 Å². The first-order valence-electron chi connectivity index (χ1n) is 21.9. The van der Waals surface area contributed by atoms with Gasteiger partial charge in [-0.25, -0.2) is 0 Å². The Morgan fingerprint density at radius 3 is 1.26 bits per heavy atom. The van der Waals surface area contributed by atoms with Crippen LogP contribution in [0.1, 0.15) is 47.0 Å². The molecular formula is C50H44N12O4S2. The summed E-state index contributed by atoms with van der Waals surface area (Å²) in [6.45, 7) is 4.17. The van der Waals surface area contributed by atoms with E-state index in [1.807, 2.05) is 159 Å². The topological polar surface area (TPSA) is 159 Å². The number of hydrogen-bond donors (Lipinski definition) is 0. The Bertz CT molecular complexity index is 2940. The van der Waals surface area contributed by atoms with Gasteiger partial charge in [-0.3, -0.25) is 0 Å². The van der Waals surface area contributed by atoms with Crippen molar-refractivity contribution in [1.82, 2.24) is 49.3 Å². The number of nitrogens with zero attached hydrogens (tertiary/aromatic N) is 12. The van der Waals surface area contributed by atoms with E-state index in [2.05, 4.69) is 20.4 Å². The van der Waals surface area contributed by atoms with Gasteiger partial charge in [-0.1, -0.05) is 96.3 Å². The van der Waals surface area contributed by atoms with E-state index in [4.69, 9.17) is 39.3 Å². The molecule has 0 radical (unpaired) electrons. The average Bonchev–Trinajstić information content (AvgIpc) is 4.13. The largest absolute Gasteiger partial charge is 0.486 e. The Morgan fingerprint density at radius 2 is 0.868 bits per heavy atom. The van der Waals surface area contributed by atoms with Gasteiger partial charge in [0.15, 0.2) is 11.6 Å². The second kappa shape index (κ2) is 20.7. The van der Waals surface area contributed by atoms with Crippen LogP contribution in [0.15, 0.2) is 166 Å². The van der Waals surface area contributed by atoms with Crippen molar-refractivity contribution < 1.29 is 18.9 Å². The van der Waals surface area contributed by atoms with Crippen molar-refractivity contribution >= 4 is 36.0 Å². The van der Waals surface area contributed by atoms with E-state index in [0.717, 1.165) is 35.7 Å². The summed E-state index contributed by atoms with van der Waals surface area (Å²) >= 11 is 3.15. The van der Waals surface area contributed by atoms with Crippen LogP contribution < -0.4 is 18.9 Å². The molecule has 16 nitrogen and oxygen atoms in total. The second-order valence-electron chi connectivity index (χ2n) is 15.3. The summed E-state index contributed by atoms with van der Waals surface area (Å²) in [5, 5.41) is 39.3. The molecule has 0 amide bonds. The number of aromatic nitrogens is 10. The minimum atomic E-state index is 0.153. The third-order valence-corrected chi connectivity index (χ3v) is 12.6. The third kappa shape index (κ3) is 10.1. The minimum Gasteiger partial charge on any atom is -0.486 e. The summed E-state index contributed by atoms with van der Waals surface area (Å²) in [5.41, 5.74) is 4.41. The van der Waals surface area contributed by atoms with Gasteiger partial charge < -0.3 is 18.9 Å². The normalized spacial score (nSPS) is 14.0. The molecule has 2 bridgehead atoms. The van der Waals surface area contributed by atoms with E-state index in [1.165, 1.54) is 0 Å². The van der Waals surface area contributed by atoms with Crippen LogP contribution in [0.25, 0.3) is 11.4 Å². The van der Waals surface area contributed by atoms with Crippen LogP contribution in [0, 0.1) is 13.8 Å². The Labute approximate surface area is 400 Å². The van der Waals surface area contributed by atoms with Crippen LogP contribution >= 0.6 is 23.5 Å². The molecule has 68 heavy (non-hydrogen) atoms. The first kappa shape index (κ1) is 43.9. The van der Waals surface area contributed by atoms with Crippen LogP contribution in [0.5, 0.6) is 34.8 Å². The summed E-state index contributed by atoms with van der Waals surface area (Å²) in [6, 6.07) is 46.3. The molecule has 0 fully saturated rings. The molecule has 0 atom stereocenters. The molecule has 0 saturated heterocycles. The molecule has 6 heterocycles. The molecule has 11 rings (SSSR count). The van der Waals surface area contributed by atoms with Crippen molar-refractivity contribution in [2.24, 2.45) is 10.2 Å². The van der Waals surface area contributed by atoms with E-state index in [9.17, 15) is 0 Å². The maximum absolute atomic E-state index is 6.73. The van der Waals surface area contributed by atoms with E-state index in [-0.39, 0.29) is 13.2 Å². The van der Waals surface area contributed by atoms with Gasteiger partial charge in [-0.2, -0.15) is 39.1 Å². The first-order chi connectivity index (χ1) is 33.5. The van der Waals surface area contributed by atoms with E-state index < -0.39 is 0 Å². The Morgan fingerprint density at radius 1 is 0.485 bits per heavy atom. The van der Waals surface area contributed by atoms with E-state index >= 15 is 0 Å². The zero-order valence-corrected chi connectivity index (χ0v) is 38.7. The molecule has 0 unspecified atom stereocenters. The highest BCUT2D eigenvalue weighted by Crippen LogP contribution is 2.34. The number of hydrogen-bond acceptors (Lipinski definition) is 14. The smallest absolute Gasteiger partial charge is 0.231 e. The highest BCUT2D eigenvalue weighted by atomic mass is 32.2. The van der Waals surface area contributed by atoms with Crippen LogP contribution in [0.3, 0.4) is 0 Å². The van der Waals surface area contributed by atoms with Gasteiger partial charge in [0.1, 0.15) is 36.2 Å². The fourth-order valence-electron chi connectivity index (χ4n) is 7.09. The molecule has 0 N–H and O–H groups in total. The van der Waals surface area contributed by atoms with Gasteiger partial charge in [-0.05, 0) is 99.5 Å². The predicted octanol–water partition coefficient (Wildman–Crippen LogP) is 10.3. The Balaban J connectivity index is 1.04. The molecule has 2 aliphatic heterocycles. The third-order valence-electron chi connectivity index (χ3n) is 10.6. The molecule has 9 aromatic rings. The predicted molar refractivity (Wildman–Crippen MR) is 261 cm³/mol. The molecule has 0 spiro atoms. The van der Waals surface area contributed by atoms with Crippen LogP contribution in [-0.4, -0.2) is 73.2 Å². The van der Waals surface area contributed by atoms with Gasteiger partial charge in [0.05, 0.1) is 46.3 Å². The molecular weight excluding hydrogens is 897 g/mol. The fraction of sp³-hybridized carbons (Fsp3) is 0.160. The van der Waals surface area contributed by atoms with Crippen molar-refractivity contribution in [3.8, 4) is 46.1 Å². The quantitative estimate of drug-likeness (QED) is 0.142. The lowest BCUT2D eigenvalue weighted by Gasteiger charge is -2.13. The standard InChI is InChI=1S/C50H44N12O4S2/c1-35-43-31-51-61-45(33-63-39-21-11-5-12-22-39)53-55-49(61)67-29-15-16-30-68-50-56-54-46(34-64-40-23-13-6-14-24-40)62(50)52-32-44-36(2)58-60(38-19-9-4-10-20-38)48(44)66-42-27-25-41(26-28-42)65-47(43)59(57-35)37-17-7-3-8-18-37/h3-14,17-28,31-32H,15-16,29-30,33-34H2,1-2H3/b51-31+,52-32+. The summed E-state index contributed by atoms with van der Waals surface area (Å²) in [4.78, 5) is 0. The van der Waals surface area contributed by atoms with E-state index in [1.54, 1.807) is 54.7 Å². The van der Waals surface area contributed by atoms with Gasteiger partial charge >= 0.3 is 0 Å². The van der Waals surface area contributed by atoms with Crippen molar-refractivity contribution in [1.29, 1.82) is 0 Å². The van der Waals surface area contributed by atoms with Gasteiger partial charge in [0, 0.05) is 11.5 Å². The maximum Gasteiger partial charge on any atom is 0.231 e. The lowest BCUT2D eigenvalue weighted by atomic mass is 10.2. The van der Waals surface area contributed by atoms with Crippen LogP contribution in [-0.2, 0) is 13.2 Å². The number of ether oxygens (including phenoxy) is 4. The van der Waals surface area contributed by atoms with Gasteiger partial charge in [0.2, 0.25) is 22.1 Å². The summed E-state index contributed by atoms with van der Waals surface area (Å²) in [5.74, 6) is 6.07. The zero-order valence-electron chi connectivity index (χ0n) is 37.1. The zero-order chi connectivity index (χ0) is 46.1. The van der Waals surface area contributed by atoms with Gasteiger partial charge in [-0.15, -0.1) is 20.4 Å². The molecule has 0 aliphatic carbocycles. The number of benzene rings is 5.